The molecule has 0 radical (unpaired) electrons. The second-order valence-electron chi connectivity index (χ2n) is 8.18. The Morgan fingerprint density at radius 1 is 1.18 bits per heavy atom. The second kappa shape index (κ2) is 10.1. The van der Waals surface area contributed by atoms with E-state index in [1.165, 1.54) is 6.07 Å². The van der Waals surface area contributed by atoms with E-state index in [4.69, 9.17) is 8.92 Å². The fourth-order valence-corrected chi connectivity index (χ4v) is 4.56. The van der Waals surface area contributed by atoms with E-state index in [2.05, 4.69) is 0 Å². The van der Waals surface area contributed by atoms with Gasteiger partial charge in [0.1, 0.15) is 10.6 Å². The minimum atomic E-state index is -4.69. The summed E-state index contributed by atoms with van der Waals surface area (Å²) in [5, 5.41) is 0. The zero-order valence-electron chi connectivity index (χ0n) is 18.3. The Labute approximate surface area is 191 Å². The van der Waals surface area contributed by atoms with E-state index in [9.17, 15) is 26.4 Å². The number of alkyl halides is 3. The van der Waals surface area contributed by atoms with Crippen molar-refractivity contribution in [2.45, 2.75) is 50.4 Å². The first-order chi connectivity index (χ1) is 15.5. The van der Waals surface area contributed by atoms with Crippen molar-refractivity contribution in [3.8, 4) is 5.75 Å². The molecule has 1 fully saturated rings. The summed E-state index contributed by atoms with van der Waals surface area (Å²) in [6, 6.07) is 9.61. The number of hydrogen-bond acceptors (Lipinski definition) is 5. The quantitative estimate of drug-likeness (QED) is 0.510. The highest BCUT2D eigenvalue weighted by molar-refractivity contribution is 7.87. The highest BCUT2D eigenvalue weighted by atomic mass is 32.2. The van der Waals surface area contributed by atoms with Gasteiger partial charge in [-0.3, -0.25) is 4.79 Å². The molecule has 1 aliphatic rings. The fraction of sp³-hybridized carbons (Fsp3) is 0.435. The lowest BCUT2D eigenvalue weighted by Crippen LogP contribution is -2.39. The third kappa shape index (κ3) is 6.48. The first kappa shape index (κ1) is 25.0. The van der Waals surface area contributed by atoms with Crippen LogP contribution in [0.4, 0.5) is 13.2 Å². The first-order valence-electron chi connectivity index (χ1n) is 10.6. The Morgan fingerprint density at radius 3 is 2.55 bits per heavy atom. The highest BCUT2D eigenvalue weighted by Crippen LogP contribution is 2.32. The Balaban J connectivity index is 1.86. The number of hydrogen-bond donors (Lipinski definition) is 0. The zero-order valence-corrected chi connectivity index (χ0v) is 19.2. The molecule has 1 atom stereocenters. The summed E-state index contributed by atoms with van der Waals surface area (Å²) < 4.78 is 75.4. The van der Waals surface area contributed by atoms with Crippen LogP contribution in [-0.2, 0) is 32.4 Å². The van der Waals surface area contributed by atoms with Gasteiger partial charge in [0.05, 0.1) is 11.7 Å². The Bertz CT molecular complexity index is 1080. The summed E-state index contributed by atoms with van der Waals surface area (Å²) in [6.45, 7) is 4.59. The van der Waals surface area contributed by atoms with E-state index in [0.717, 1.165) is 31.0 Å². The molecule has 0 N–H and O–H groups in total. The van der Waals surface area contributed by atoms with Crippen LogP contribution >= 0.6 is 0 Å². The molecule has 0 aliphatic carbocycles. The van der Waals surface area contributed by atoms with E-state index in [0.29, 0.717) is 24.8 Å². The summed E-state index contributed by atoms with van der Waals surface area (Å²) in [5.74, 6) is -0.460. The molecule has 0 aromatic heterocycles. The van der Waals surface area contributed by atoms with Gasteiger partial charge in [0.2, 0.25) is 5.91 Å². The number of ether oxygens (including phenoxy) is 1. The van der Waals surface area contributed by atoms with Gasteiger partial charge < -0.3 is 13.8 Å². The van der Waals surface area contributed by atoms with Gasteiger partial charge in [0.15, 0.2) is 0 Å². The van der Waals surface area contributed by atoms with E-state index in [-0.39, 0.29) is 30.2 Å². The molecular weight excluding hydrogens is 459 g/mol. The maximum Gasteiger partial charge on any atom is 0.416 e. The van der Waals surface area contributed by atoms with Gasteiger partial charge in [0, 0.05) is 31.2 Å². The van der Waals surface area contributed by atoms with Crippen molar-refractivity contribution in [1.29, 1.82) is 0 Å². The number of para-hydroxylation sites is 1. The van der Waals surface area contributed by atoms with Gasteiger partial charge in [0.25, 0.3) is 0 Å². The van der Waals surface area contributed by atoms with Crippen LogP contribution in [0.5, 0.6) is 5.75 Å². The molecule has 2 aromatic rings. The molecule has 2 aromatic carbocycles. The van der Waals surface area contributed by atoms with Gasteiger partial charge in [-0.25, -0.2) is 0 Å². The number of carbonyl (C=O) groups is 1. The maximum absolute atomic E-state index is 13.0. The SMILES string of the molecule is CC(C)C(=O)N(Cc1ccccc1OS(=O)(=O)c1cccc(C(F)(F)F)c1)CC1CCCO1. The molecule has 1 heterocycles. The van der Waals surface area contributed by atoms with Gasteiger partial charge in [-0.05, 0) is 37.1 Å². The molecule has 33 heavy (non-hydrogen) atoms. The number of halogens is 3. The minimum Gasteiger partial charge on any atom is -0.379 e. The van der Waals surface area contributed by atoms with Crippen molar-refractivity contribution in [3.63, 3.8) is 0 Å². The molecule has 1 aliphatic heterocycles. The van der Waals surface area contributed by atoms with Gasteiger partial charge in [-0.2, -0.15) is 21.6 Å². The minimum absolute atomic E-state index is 0.0520. The van der Waals surface area contributed by atoms with Crippen molar-refractivity contribution in [2.75, 3.05) is 13.2 Å². The molecular formula is C23H26F3NO5S. The van der Waals surface area contributed by atoms with Crippen LogP contribution in [0.1, 0.15) is 37.8 Å². The van der Waals surface area contributed by atoms with Crippen LogP contribution in [0.25, 0.3) is 0 Å². The zero-order chi connectivity index (χ0) is 24.2. The Morgan fingerprint density at radius 2 is 1.91 bits per heavy atom. The third-order valence-electron chi connectivity index (χ3n) is 5.24. The van der Waals surface area contributed by atoms with Crippen LogP contribution in [0.2, 0.25) is 0 Å². The monoisotopic (exact) mass is 485 g/mol. The lowest BCUT2D eigenvalue weighted by Gasteiger charge is -2.28. The van der Waals surface area contributed by atoms with E-state index < -0.39 is 26.8 Å². The predicted octanol–water partition coefficient (Wildman–Crippen LogP) is 4.64. The van der Waals surface area contributed by atoms with Crippen molar-refractivity contribution in [1.82, 2.24) is 4.90 Å². The number of rotatable bonds is 8. The van der Waals surface area contributed by atoms with Gasteiger partial charge >= 0.3 is 16.3 Å². The van der Waals surface area contributed by atoms with E-state index in [1.54, 1.807) is 36.9 Å². The standard InChI is InChI=1S/C23H26F3NO5S/c1-16(2)22(28)27(15-19-9-6-12-31-19)14-17-7-3-4-11-21(17)32-33(29,30)20-10-5-8-18(13-20)23(24,25)26/h3-5,7-8,10-11,13,16,19H,6,9,12,14-15H2,1-2H3. The van der Waals surface area contributed by atoms with Gasteiger partial charge in [-0.1, -0.05) is 38.1 Å². The molecule has 1 saturated heterocycles. The average Bonchev–Trinajstić information content (AvgIpc) is 3.26. The molecule has 3 rings (SSSR count). The molecule has 10 heteroatoms. The van der Waals surface area contributed by atoms with Crippen molar-refractivity contribution in [2.24, 2.45) is 5.92 Å². The van der Waals surface area contributed by atoms with Crippen molar-refractivity contribution < 1.29 is 35.3 Å². The smallest absolute Gasteiger partial charge is 0.379 e. The highest BCUT2D eigenvalue weighted by Gasteiger charge is 2.32. The topological polar surface area (TPSA) is 72.9 Å². The number of nitrogens with zero attached hydrogens (tertiary/aromatic N) is 1. The van der Waals surface area contributed by atoms with E-state index in [1.807, 2.05) is 0 Å². The Kier molecular flexibility index (Phi) is 7.69. The van der Waals surface area contributed by atoms with Crippen LogP contribution in [0, 0.1) is 5.92 Å². The van der Waals surface area contributed by atoms with Crippen LogP contribution < -0.4 is 4.18 Å². The number of carbonyl (C=O) groups excluding carboxylic acids is 1. The number of benzene rings is 2. The molecule has 0 saturated carbocycles. The summed E-state index contributed by atoms with van der Waals surface area (Å²) in [7, 11) is -4.54. The van der Waals surface area contributed by atoms with Crippen molar-refractivity contribution in [3.05, 3.63) is 59.7 Å². The lowest BCUT2D eigenvalue weighted by atomic mass is 10.1. The molecule has 0 spiro atoms. The maximum atomic E-state index is 13.0. The van der Waals surface area contributed by atoms with E-state index >= 15 is 0 Å². The molecule has 0 bridgehead atoms. The number of amides is 1. The summed E-state index contributed by atoms with van der Waals surface area (Å²) in [5.41, 5.74) is -0.675. The Hall–Kier alpha value is -2.59. The molecule has 6 nitrogen and oxygen atoms in total. The summed E-state index contributed by atoms with van der Waals surface area (Å²) in [6.07, 6.45) is -3.06. The van der Waals surface area contributed by atoms with Crippen LogP contribution in [0.15, 0.2) is 53.4 Å². The first-order valence-corrected chi connectivity index (χ1v) is 12.0. The molecule has 180 valence electrons. The van der Waals surface area contributed by atoms with Crippen molar-refractivity contribution >= 4 is 16.0 Å². The largest absolute Gasteiger partial charge is 0.416 e. The average molecular weight is 486 g/mol. The normalized spacial score (nSPS) is 16.7. The van der Waals surface area contributed by atoms with Crippen LogP contribution in [-0.4, -0.2) is 38.5 Å². The van der Waals surface area contributed by atoms with Gasteiger partial charge in [-0.15, -0.1) is 0 Å². The third-order valence-corrected chi connectivity index (χ3v) is 6.47. The lowest BCUT2D eigenvalue weighted by molar-refractivity contribution is -0.138. The van der Waals surface area contributed by atoms with Crippen LogP contribution in [0.3, 0.4) is 0 Å². The fourth-order valence-electron chi connectivity index (χ4n) is 3.55. The predicted molar refractivity (Wildman–Crippen MR) is 115 cm³/mol. The molecule has 1 unspecified atom stereocenters. The summed E-state index contributed by atoms with van der Waals surface area (Å²) >= 11 is 0. The molecule has 1 amide bonds. The summed E-state index contributed by atoms with van der Waals surface area (Å²) in [4.78, 5) is 13.8. The second-order valence-corrected chi connectivity index (χ2v) is 9.73.